The summed E-state index contributed by atoms with van der Waals surface area (Å²) in [5, 5.41) is 3.86. The molecular weight excluding hydrogens is 328 g/mol. The van der Waals surface area contributed by atoms with Crippen molar-refractivity contribution in [1.82, 2.24) is 4.98 Å². The monoisotopic (exact) mass is 340 g/mol. The zero-order valence-corrected chi connectivity index (χ0v) is 13.2. The van der Waals surface area contributed by atoms with Gasteiger partial charge in [0, 0.05) is 15.0 Å². The van der Waals surface area contributed by atoms with Crippen LogP contribution >= 0.6 is 27.3 Å². The number of anilines is 2. The van der Waals surface area contributed by atoms with Gasteiger partial charge in [0.25, 0.3) is 0 Å². The van der Waals surface area contributed by atoms with Crippen LogP contribution in [-0.2, 0) is 4.74 Å². The molecule has 0 spiro atoms. The highest BCUT2D eigenvalue weighted by molar-refractivity contribution is 9.10. The van der Waals surface area contributed by atoms with Gasteiger partial charge in [0.05, 0.1) is 7.11 Å². The first-order valence-electron chi connectivity index (χ1n) is 5.60. The molecule has 0 fully saturated rings. The van der Waals surface area contributed by atoms with Gasteiger partial charge in [-0.3, -0.25) is 0 Å². The number of esters is 1. The van der Waals surface area contributed by atoms with Crippen molar-refractivity contribution < 1.29 is 9.53 Å². The molecule has 4 nitrogen and oxygen atoms in total. The van der Waals surface area contributed by atoms with Crippen molar-refractivity contribution in [2.24, 2.45) is 0 Å². The number of carbonyl (C=O) groups is 1. The van der Waals surface area contributed by atoms with Crippen LogP contribution in [0.15, 0.2) is 22.7 Å². The number of hydrogen-bond acceptors (Lipinski definition) is 5. The van der Waals surface area contributed by atoms with E-state index in [1.165, 1.54) is 18.4 Å². The third kappa shape index (κ3) is 3.13. The molecule has 19 heavy (non-hydrogen) atoms. The zero-order valence-electron chi connectivity index (χ0n) is 10.8. The Morgan fingerprint density at radius 2 is 2.16 bits per heavy atom. The average molecular weight is 341 g/mol. The van der Waals surface area contributed by atoms with Gasteiger partial charge in [-0.15, -0.1) is 11.3 Å². The molecule has 0 saturated carbocycles. The molecule has 0 aliphatic rings. The highest BCUT2D eigenvalue weighted by atomic mass is 79.9. The molecule has 0 aliphatic heterocycles. The molecule has 100 valence electrons. The summed E-state index contributed by atoms with van der Waals surface area (Å²) >= 11 is 4.91. The Morgan fingerprint density at radius 3 is 2.79 bits per heavy atom. The third-order valence-electron chi connectivity index (χ3n) is 2.60. The summed E-state index contributed by atoms with van der Waals surface area (Å²) in [5.74, 6) is -0.410. The summed E-state index contributed by atoms with van der Waals surface area (Å²) in [6, 6.07) is 5.95. The van der Waals surface area contributed by atoms with E-state index >= 15 is 0 Å². The maximum atomic E-state index is 11.5. The summed E-state index contributed by atoms with van der Waals surface area (Å²) in [6.45, 7) is 3.87. The Bertz CT molecular complexity index is 625. The van der Waals surface area contributed by atoms with Crippen molar-refractivity contribution in [3.05, 3.63) is 38.8 Å². The molecule has 0 saturated heterocycles. The number of thiazole rings is 1. The molecule has 1 aromatic carbocycles. The number of hydrogen-bond donors (Lipinski definition) is 1. The molecule has 2 rings (SSSR count). The molecule has 2 aromatic rings. The minimum Gasteiger partial charge on any atom is -0.464 e. The van der Waals surface area contributed by atoms with Crippen LogP contribution < -0.4 is 5.32 Å². The van der Waals surface area contributed by atoms with E-state index in [9.17, 15) is 4.79 Å². The Labute approximate surface area is 124 Å². The molecule has 6 heteroatoms. The summed E-state index contributed by atoms with van der Waals surface area (Å²) in [6.07, 6.45) is 0. The number of aryl methyl sites for hydroxylation is 2. The van der Waals surface area contributed by atoms with Crippen LogP contribution in [0.4, 0.5) is 10.8 Å². The lowest BCUT2D eigenvalue weighted by Crippen LogP contribution is -2.03. The maximum Gasteiger partial charge on any atom is 0.357 e. The fourth-order valence-corrected chi connectivity index (χ4v) is 2.73. The van der Waals surface area contributed by atoms with Crippen molar-refractivity contribution in [1.29, 1.82) is 0 Å². The summed E-state index contributed by atoms with van der Waals surface area (Å²) in [7, 11) is 1.35. The van der Waals surface area contributed by atoms with Gasteiger partial charge in [0.1, 0.15) is 0 Å². The van der Waals surface area contributed by atoms with E-state index in [4.69, 9.17) is 0 Å². The molecule has 0 unspecified atom stereocenters. The molecule has 0 atom stereocenters. The standard InChI is InChI=1S/C13H13BrN2O2S/c1-7-4-5-9(6-10(7)14)15-13-16-11(8(2)19-13)12(17)18-3/h4-6H,1-3H3,(H,15,16). The third-order valence-corrected chi connectivity index (χ3v) is 4.34. The highest BCUT2D eigenvalue weighted by Gasteiger charge is 2.15. The second kappa shape index (κ2) is 5.71. The Hall–Kier alpha value is -1.40. The van der Waals surface area contributed by atoms with Gasteiger partial charge < -0.3 is 10.1 Å². The van der Waals surface area contributed by atoms with Gasteiger partial charge in [0.15, 0.2) is 10.8 Å². The number of carbonyl (C=O) groups excluding carboxylic acids is 1. The largest absolute Gasteiger partial charge is 0.464 e. The van der Waals surface area contributed by atoms with Crippen LogP contribution in [0.1, 0.15) is 20.9 Å². The maximum absolute atomic E-state index is 11.5. The quantitative estimate of drug-likeness (QED) is 0.856. The minimum absolute atomic E-state index is 0.362. The lowest BCUT2D eigenvalue weighted by Gasteiger charge is -2.04. The van der Waals surface area contributed by atoms with Crippen LogP contribution in [0, 0.1) is 13.8 Å². The second-order valence-corrected chi connectivity index (χ2v) is 6.06. The molecule has 0 bridgehead atoms. The van der Waals surface area contributed by atoms with Crippen LogP contribution in [0.25, 0.3) is 0 Å². The SMILES string of the molecule is COC(=O)c1nc(Nc2ccc(C)c(Br)c2)sc1C. The van der Waals surface area contributed by atoms with Gasteiger partial charge >= 0.3 is 5.97 Å². The number of ether oxygens (including phenoxy) is 1. The number of benzene rings is 1. The van der Waals surface area contributed by atoms with Crippen LogP contribution in [-0.4, -0.2) is 18.1 Å². The molecule has 1 N–H and O–H groups in total. The Morgan fingerprint density at radius 1 is 1.42 bits per heavy atom. The van der Waals surface area contributed by atoms with Gasteiger partial charge in [-0.1, -0.05) is 22.0 Å². The van der Waals surface area contributed by atoms with Gasteiger partial charge in [-0.2, -0.15) is 0 Å². The van der Waals surface area contributed by atoms with Gasteiger partial charge in [-0.25, -0.2) is 9.78 Å². The number of methoxy groups -OCH3 is 1. The second-order valence-electron chi connectivity index (χ2n) is 4.00. The van der Waals surface area contributed by atoms with E-state index in [-0.39, 0.29) is 0 Å². The first-order chi connectivity index (χ1) is 9.01. The van der Waals surface area contributed by atoms with Crippen molar-refractivity contribution in [3.8, 4) is 0 Å². The summed E-state index contributed by atoms with van der Waals surface area (Å²) < 4.78 is 5.71. The van der Waals surface area contributed by atoms with E-state index in [2.05, 4.69) is 31.0 Å². The summed E-state index contributed by atoms with van der Waals surface area (Å²) in [5.41, 5.74) is 2.44. The Balaban J connectivity index is 2.24. The molecule has 1 heterocycles. The lowest BCUT2D eigenvalue weighted by molar-refractivity contribution is 0.0594. The number of aromatic nitrogens is 1. The highest BCUT2D eigenvalue weighted by Crippen LogP contribution is 2.28. The molecule has 1 aromatic heterocycles. The molecule has 0 radical (unpaired) electrons. The zero-order chi connectivity index (χ0) is 14.0. The van der Waals surface area contributed by atoms with E-state index < -0.39 is 5.97 Å². The number of nitrogens with zero attached hydrogens (tertiary/aromatic N) is 1. The van der Waals surface area contributed by atoms with E-state index in [1.54, 1.807) is 0 Å². The topological polar surface area (TPSA) is 51.2 Å². The van der Waals surface area contributed by atoms with E-state index in [0.29, 0.717) is 10.8 Å². The van der Waals surface area contributed by atoms with E-state index in [1.807, 2.05) is 32.0 Å². The fourth-order valence-electron chi connectivity index (χ4n) is 1.53. The minimum atomic E-state index is -0.410. The first kappa shape index (κ1) is 14.0. The normalized spacial score (nSPS) is 10.3. The molecular formula is C13H13BrN2O2S. The number of halogens is 1. The van der Waals surface area contributed by atoms with Crippen LogP contribution in [0.2, 0.25) is 0 Å². The number of nitrogens with one attached hydrogen (secondary N) is 1. The summed E-state index contributed by atoms with van der Waals surface area (Å²) in [4.78, 5) is 16.6. The molecule has 0 amide bonds. The van der Waals surface area contributed by atoms with Crippen molar-refractivity contribution in [3.63, 3.8) is 0 Å². The fraction of sp³-hybridized carbons (Fsp3) is 0.231. The van der Waals surface area contributed by atoms with Gasteiger partial charge in [-0.05, 0) is 31.5 Å². The lowest BCUT2D eigenvalue weighted by atomic mass is 10.2. The average Bonchev–Trinajstić information content (AvgIpc) is 2.74. The van der Waals surface area contributed by atoms with Crippen molar-refractivity contribution in [2.45, 2.75) is 13.8 Å². The smallest absolute Gasteiger partial charge is 0.357 e. The van der Waals surface area contributed by atoms with E-state index in [0.717, 1.165) is 20.6 Å². The predicted molar refractivity (Wildman–Crippen MR) is 80.4 cm³/mol. The molecule has 0 aliphatic carbocycles. The van der Waals surface area contributed by atoms with Crippen LogP contribution in [0.3, 0.4) is 0 Å². The van der Waals surface area contributed by atoms with Crippen LogP contribution in [0.5, 0.6) is 0 Å². The number of rotatable bonds is 3. The predicted octanol–water partition coefficient (Wildman–Crippen LogP) is 4.05. The Kier molecular flexibility index (Phi) is 4.21. The van der Waals surface area contributed by atoms with Crippen molar-refractivity contribution >= 4 is 44.1 Å². The van der Waals surface area contributed by atoms with Gasteiger partial charge in [0.2, 0.25) is 0 Å². The van der Waals surface area contributed by atoms with Crippen molar-refractivity contribution in [2.75, 3.05) is 12.4 Å². The first-order valence-corrected chi connectivity index (χ1v) is 7.21.